The van der Waals surface area contributed by atoms with Gasteiger partial charge in [0.05, 0.1) is 18.8 Å². The average molecular weight is 454 g/mol. The minimum atomic E-state index is -0.0158. The van der Waals surface area contributed by atoms with Crippen LogP contribution in [0, 0.1) is 5.92 Å². The maximum Gasteiger partial charge on any atom is 0.243 e. The summed E-state index contributed by atoms with van der Waals surface area (Å²) in [6.45, 7) is 2.33. The Hall–Kier alpha value is -0.610. The lowest BCUT2D eigenvalue weighted by Crippen LogP contribution is -2.48. The van der Waals surface area contributed by atoms with Crippen molar-refractivity contribution in [2.75, 3.05) is 47.5 Å². The summed E-state index contributed by atoms with van der Waals surface area (Å²) < 4.78 is 10.9. The monoisotopic (exact) mass is 454 g/mol. The Morgan fingerprint density at radius 1 is 1.38 bits per heavy atom. The second-order valence-corrected chi connectivity index (χ2v) is 6.51. The summed E-state index contributed by atoms with van der Waals surface area (Å²) in [4.78, 5) is 17.8. The van der Waals surface area contributed by atoms with Crippen molar-refractivity contribution >= 4 is 35.8 Å². The first-order chi connectivity index (χ1) is 11.1. The Balaban J connectivity index is 0.00000288. The molecule has 0 aromatic rings. The lowest BCUT2D eigenvalue weighted by molar-refractivity contribution is -0.127. The molecule has 1 heterocycles. The van der Waals surface area contributed by atoms with Crippen LogP contribution in [-0.4, -0.2) is 76.4 Å². The topological polar surface area (TPSA) is 75.2 Å². The van der Waals surface area contributed by atoms with Crippen molar-refractivity contribution < 1.29 is 14.3 Å². The van der Waals surface area contributed by atoms with Crippen molar-refractivity contribution in [1.29, 1.82) is 0 Å². The van der Waals surface area contributed by atoms with Crippen LogP contribution in [0.15, 0.2) is 4.99 Å². The minimum absolute atomic E-state index is 0. The Morgan fingerprint density at radius 2 is 2.12 bits per heavy atom. The molecule has 1 saturated heterocycles. The predicted molar refractivity (Wildman–Crippen MR) is 105 cm³/mol. The van der Waals surface area contributed by atoms with Crippen LogP contribution in [-0.2, 0) is 14.3 Å². The van der Waals surface area contributed by atoms with Crippen LogP contribution < -0.4 is 10.6 Å². The van der Waals surface area contributed by atoms with E-state index in [4.69, 9.17) is 9.47 Å². The molecular formula is C16H31IN4O3. The highest BCUT2D eigenvalue weighted by molar-refractivity contribution is 14.0. The van der Waals surface area contributed by atoms with E-state index in [0.29, 0.717) is 25.0 Å². The zero-order valence-electron chi connectivity index (χ0n) is 14.9. The Bertz CT molecular complexity index is 410. The number of rotatable bonds is 8. The first-order valence-electron chi connectivity index (χ1n) is 8.45. The van der Waals surface area contributed by atoms with Gasteiger partial charge in [-0.25, -0.2) is 4.99 Å². The number of carbonyl (C=O) groups is 1. The van der Waals surface area contributed by atoms with Gasteiger partial charge in [-0.3, -0.25) is 4.79 Å². The first kappa shape index (κ1) is 21.4. The Morgan fingerprint density at radius 3 is 2.67 bits per heavy atom. The van der Waals surface area contributed by atoms with Crippen LogP contribution in [0.1, 0.15) is 25.7 Å². The van der Waals surface area contributed by atoms with Gasteiger partial charge in [0, 0.05) is 34.4 Å². The molecule has 8 heteroatoms. The summed E-state index contributed by atoms with van der Waals surface area (Å²) in [6.07, 6.45) is 4.85. The van der Waals surface area contributed by atoms with Crippen molar-refractivity contribution in [3.8, 4) is 0 Å². The number of halogens is 1. The smallest absolute Gasteiger partial charge is 0.243 e. The fourth-order valence-electron chi connectivity index (χ4n) is 2.61. The molecule has 0 radical (unpaired) electrons. The number of likely N-dealkylation sites (N-methyl/N-ethyl adjacent to an activating group) is 1. The van der Waals surface area contributed by atoms with Gasteiger partial charge in [0.1, 0.15) is 6.54 Å². The second kappa shape index (κ2) is 11.1. The van der Waals surface area contributed by atoms with E-state index in [9.17, 15) is 4.79 Å². The molecule has 2 rings (SSSR count). The van der Waals surface area contributed by atoms with Gasteiger partial charge >= 0.3 is 0 Å². The molecule has 0 aromatic carbocycles. The molecule has 1 saturated carbocycles. The van der Waals surface area contributed by atoms with Gasteiger partial charge in [0.15, 0.2) is 5.96 Å². The fraction of sp³-hybridized carbons (Fsp3) is 0.875. The molecule has 1 aliphatic heterocycles. The van der Waals surface area contributed by atoms with Gasteiger partial charge < -0.3 is 25.0 Å². The highest BCUT2D eigenvalue weighted by atomic mass is 127. The van der Waals surface area contributed by atoms with Crippen molar-refractivity contribution in [2.24, 2.45) is 10.9 Å². The fourth-order valence-corrected chi connectivity index (χ4v) is 2.61. The summed E-state index contributed by atoms with van der Waals surface area (Å²) >= 11 is 0. The van der Waals surface area contributed by atoms with Gasteiger partial charge in [0.2, 0.25) is 5.91 Å². The highest BCUT2D eigenvalue weighted by Crippen LogP contribution is 2.32. The third-order valence-electron chi connectivity index (χ3n) is 4.25. The number of hydrogen-bond donors (Lipinski definition) is 2. The van der Waals surface area contributed by atoms with Gasteiger partial charge in [-0.1, -0.05) is 0 Å². The van der Waals surface area contributed by atoms with E-state index in [1.165, 1.54) is 12.8 Å². The number of ether oxygens (including phenoxy) is 2. The number of aliphatic imine (C=N–C) groups is 1. The van der Waals surface area contributed by atoms with E-state index in [1.54, 1.807) is 26.1 Å². The van der Waals surface area contributed by atoms with Crippen LogP contribution in [0.4, 0.5) is 0 Å². The molecule has 2 N–H and O–H groups in total. The van der Waals surface area contributed by atoms with Crippen LogP contribution in [0.5, 0.6) is 0 Å². The maximum atomic E-state index is 11.8. The van der Waals surface area contributed by atoms with Crippen LogP contribution in [0.3, 0.4) is 0 Å². The van der Waals surface area contributed by atoms with E-state index in [1.807, 2.05) is 0 Å². The third-order valence-corrected chi connectivity index (χ3v) is 4.25. The van der Waals surface area contributed by atoms with Crippen LogP contribution in [0.2, 0.25) is 0 Å². The Labute approximate surface area is 161 Å². The molecule has 0 bridgehead atoms. The minimum Gasteiger partial charge on any atom is -0.383 e. The molecule has 2 aliphatic rings. The number of amides is 1. The van der Waals surface area contributed by atoms with Crippen LogP contribution in [0.25, 0.3) is 0 Å². The predicted octanol–water partition coefficient (Wildman–Crippen LogP) is 0.832. The third kappa shape index (κ3) is 7.52. The van der Waals surface area contributed by atoms with E-state index in [-0.39, 0.29) is 48.6 Å². The number of carbonyl (C=O) groups excluding carboxylic acids is 1. The van der Waals surface area contributed by atoms with Crippen molar-refractivity contribution in [3.05, 3.63) is 0 Å². The summed E-state index contributed by atoms with van der Waals surface area (Å²) in [5.41, 5.74) is 0. The largest absolute Gasteiger partial charge is 0.383 e. The zero-order chi connectivity index (χ0) is 16.7. The molecule has 0 aromatic heterocycles. The quantitative estimate of drug-likeness (QED) is 0.323. The van der Waals surface area contributed by atoms with E-state index >= 15 is 0 Å². The highest BCUT2D eigenvalue weighted by Gasteiger charge is 2.32. The number of methoxy groups -OCH3 is 1. The summed E-state index contributed by atoms with van der Waals surface area (Å²) in [7, 11) is 5.19. The maximum absolute atomic E-state index is 11.8. The summed E-state index contributed by atoms with van der Waals surface area (Å²) in [5.74, 6) is 1.29. The summed E-state index contributed by atoms with van der Waals surface area (Å²) in [5, 5.41) is 6.74. The number of nitrogens with zero attached hydrogens (tertiary/aromatic N) is 2. The summed E-state index contributed by atoms with van der Waals surface area (Å²) in [6, 6.07) is 0.241. The van der Waals surface area contributed by atoms with Gasteiger partial charge in [-0.05, 0) is 31.6 Å². The normalized spacial score (nSPS) is 21.8. The molecule has 2 atom stereocenters. The molecule has 2 fully saturated rings. The zero-order valence-corrected chi connectivity index (χ0v) is 17.2. The number of hydrogen-bond acceptors (Lipinski definition) is 4. The van der Waals surface area contributed by atoms with Gasteiger partial charge in [-0.2, -0.15) is 0 Å². The first-order valence-corrected chi connectivity index (χ1v) is 8.45. The molecular weight excluding hydrogens is 423 g/mol. The van der Waals surface area contributed by atoms with Crippen molar-refractivity contribution in [3.63, 3.8) is 0 Å². The van der Waals surface area contributed by atoms with Gasteiger partial charge in [0.25, 0.3) is 0 Å². The molecule has 1 amide bonds. The van der Waals surface area contributed by atoms with Crippen molar-refractivity contribution in [1.82, 2.24) is 15.5 Å². The number of nitrogens with one attached hydrogen (secondary N) is 2. The molecule has 7 nitrogen and oxygen atoms in total. The lowest BCUT2D eigenvalue weighted by Gasteiger charge is -2.22. The molecule has 2 unspecified atom stereocenters. The van der Waals surface area contributed by atoms with Crippen molar-refractivity contribution in [2.45, 2.75) is 37.8 Å². The lowest BCUT2D eigenvalue weighted by atomic mass is 10.2. The Kier molecular flexibility index (Phi) is 9.91. The number of guanidine groups is 1. The molecule has 140 valence electrons. The molecule has 1 aliphatic carbocycles. The van der Waals surface area contributed by atoms with Gasteiger partial charge in [-0.15, -0.1) is 24.0 Å². The SMILES string of the molecule is COCC(NC(=NCC(=O)N(C)C)NCC1CCCO1)C1CC1.I. The second-order valence-electron chi connectivity index (χ2n) is 6.51. The van der Waals surface area contributed by atoms with E-state index in [0.717, 1.165) is 19.4 Å². The molecule has 24 heavy (non-hydrogen) atoms. The molecule has 0 spiro atoms. The average Bonchev–Trinajstić information content (AvgIpc) is 3.24. The van der Waals surface area contributed by atoms with E-state index in [2.05, 4.69) is 15.6 Å². The van der Waals surface area contributed by atoms with E-state index < -0.39 is 0 Å². The standard InChI is InChI=1S/C16H30N4O3.HI/c1-20(2)15(21)10-18-16(17-9-13-5-4-8-23-13)19-14(11-22-3)12-6-7-12;/h12-14H,4-11H2,1-3H3,(H2,17,18,19);1H. The van der Waals surface area contributed by atoms with Crippen LogP contribution >= 0.6 is 24.0 Å².